The van der Waals surface area contributed by atoms with E-state index in [1.165, 1.54) is 11.6 Å². The number of aliphatic hydroxyl groups excluding tert-OH is 1. The fourth-order valence-electron chi connectivity index (χ4n) is 1.90. The summed E-state index contributed by atoms with van der Waals surface area (Å²) in [5.74, 6) is -0.318. The minimum atomic E-state index is -0.622. The molecule has 1 nitrogen and oxygen atoms in total. The van der Waals surface area contributed by atoms with Gasteiger partial charge in [0.15, 0.2) is 0 Å². The molecule has 0 radical (unpaired) electrons. The summed E-state index contributed by atoms with van der Waals surface area (Å²) < 4.78 is 13.5. The molecule has 0 aliphatic heterocycles. The zero-order valence-electron chi connectivity index (χ0n) is 10.0. The normalized spacial score (nSPS) is 12.4. The van der Waals surface area contributed by atoms with E-state index in [-0.39, 0.29) is 5.82 Å². The second kappa shape index (κ2) is 5.63. The maximum Gasteiger partial charge on any atom is 0.137 e. The Bertz CT molecular complexity index is 554. The van der Waals surface area contributed by atoms with Gasteiger partial charge in [0.1, 0.15) is 5.82 Å². The quantitative estimate of drug-likeness (QED) is 0.902. The lowest BCUT2D eigenvalue weighted by atomic mass is 10.0. The molecule has 0 fully saturated rings. The molecule has 0 aliphatic rings. The molecule has 0 aliphatic carbocycles. The van der Waals surface area contributed by atoms with E-state index in [1.807, 2.05) is 31.2 Å². The molecule has 94 valence electrons. The van der Waals surface area contributed by atoms with Crippen LogP contribution in [0.3, 0.4) is 0 Å². The molecule has 1 N–H and O–H groups in total. The van der Waals surface area contributed by atoms with Gasteiger partial charge in [-0.25, -0.2) is 4.39 Å². The van der Waals surface area contributed by atoms with Crippen molar-refractivity contribution in [1.29, 1.82) is 0 Å². The Labute approximate surface area is 114 Å². The van der Waals surface area contributed by atoms with Crippen LogP contribution in [0, 0.1) is 12.7 Å². The van der Waals surface area contributed by atoms with Gasteiger partial charge >= 0.3 is 0 Å². The average molecular weight is 309 g/mol. The Balaban J connectivity index is 2.16. The van der Waals surface area contributed by atoms with E-state index in [1.54, 1.807) is 12.1 Å². The smallest absolute Gasteiger partial charge is 0.137 e. The van der Waals surface area contributed by atoms with Crippen LogP contribution in [0.1, 0.15) is 22.8 Å². The third-order valence-corrected chi connectivity index (χ3v) is 3.45. The molecule has 0 heterocycles. The number of hydrogen-bond donors (Lipinski definition) is 1. The van der Waals surface area contributed by atoms with Gasteiger partial charge in [-0.15, -0.1) is 0 Å². The first-order valence-electron chi connectivity index (χ1n) is 5.75. The number of aryl methyl sites for hydroxylation is 1. The van der Waals surface area contributed by atoms with Crippen LogP contribution in [0.5, 0.6) is 0 Å². The molecular weight excluding hydrogens is 295 g/mol. The predicted octanol–water partition coefficient (Wildman–Crippen LogP) is 4.17. The summed E-state index contributed by atoms with van der Waals surface area (Å²) in [6.45, 7) is 2.02. The summed E-state index contributed by atoms with van der Waals surface area (Å²) in [5, 5.41) is 10.1. The maximum absolute atomic E-state index is 13.1. The van der Waals surface area contributed by atoms with Crippen LogP contribution in [0.25, 0.3) is 0 Å². The molecule has 2 aromatic rings. The third kappa shape index (κ3) is 3.18. The summed E-state index contributed by atoms with van der Waals surface area (Å²) in [5.41, 5.74) is 2.95. The van der Waals surface area contributed by atoms with Crippen molar-refractivity contribution in [1.82, 2.24) is 0 Å². The molecular formula is C15H14BrFO. The van der Waals surface area contributed by atoms with E-state index in [0.29, 0.717) is 16.5 Å². The monoisotopic (exact) mass is 308 g/mol. The third-order valence-electron chi connectivity index (χ3n) is 2.84. The Morgan fingerprint density at radius 2 is 2.00 bits per heavy atom. The van der Waals surface area contributed by atoms with E-state index >= 15 is 0 Å². The number of benzene rings is 2. The number of halogens is 2. The lowest BCUT2D eigenvalue weighted by Crippen LogP contribution is -2.02. The Morgan fingerprint density at radius 1 is 1.22 bits per heavy atom. The molecule has 1 atom stereocenters. The van der Waals surface area contributed by atoms with Gasteiger partial charge in [-0.2, -0.15) is 0 Å². The van der Waals surface area contributed by atoms with Crippen LogP contribution in [0.15, 0.2) is 46.9 Å². The van der Waals surface area contributed by atoms with Crippen LogP contribution in [0.4, 0.5) is 4.39 Å². The minimum absolute atomic E-state index is 0.318. The van der Waals surface area contributed by atoms with Gasteiger partial charge in [-0.1, -0.05) is 35.9 Å². The lowest BCUT2D eigenvalue weighted by molar-refractivity contribution is 0.178. The summed E-state index contributed by atoms with van der Waals surface area (Å²) in [6, 6.07) is 12.6. The van der Waals surface area contributed by atoms with E-state index in [0.717, 1.165) is 5.56 Å². The van der Waals surface area contributed by atoms with Gasteiger partial charge in [0.05, 0.1) is 10.6 Å². The molecule has 0 spiro atoms. The molecule has 2 aromatic carbocycles. The van der Waals surface area contributed by atoms with Crippen molar-refractivity contribution in [2.45, 2.75) is 19.4 Å². The van der Waals surface area contributed by atoms with E-state index < -0.39 is 6.10 Å². The summed E-state index contributed by atoms with van der Waals surface area (Å²) in [7, 11) is 0. The van der Waals surface area contributed by atoms with Gasteiger partial charge in [-0.05, 0) is 46.1 Å². The SMILES string of the molecule is Cc1cccc(CC(O)c2ccc(F)c(Br)c2)c1. The highest BCUT2D eigenvalue weighted by Gasteiger charge is 2.10. The van der Waals surface area contributed by atoms with Crippen molar-refractivity contribution in [2.75, 3.05) is 0 Å². The number of aliphatic hydroxyl groups is 1. The van der Waals surface area contributed by atoms with Crippen molar-refractivity contribution < 1.29 is 9.50 Å². The van der Waals surface area contributed by atoms with Crippen LogP contribution >= 0.6 is 15.9 Å². The first-order valence-corrected chi connectivity index (χ1v) is 6.54. The van der Waals surface area contributed by atoms with Crippen molar-refractivity contribution >= 4 is 15.9 Å². The molecule has 3 heteroatoms. The summed E-state index contributed by atoms with van der Waals surface area (Å²) in [6.07, 6.45) is -0.0940. The Kier molecular flexibility index (Phi) is 4.15. The molecule has 0 amide bonds. The highest BCUT2D eigenvalue weighted by atomic mass is 79.9. The predicted molar refractivity (Wildman–Crippen MR) is 73.9 cm³/mol. The Morgan fingerprint density at radius 3 is 2.67 bits per heavy atom. The van der Waals surface area contributed by atoms with Gasteiger partial charge in [0, 0.05) is 6.42 Å². The maximum atomic E-state index is 13.1. The summed E-state index contributed by atoms with van der Waals surface area (Å²) >= 11 is 3.13. The molecule has 0 saturated heterocycles. The minimum Gasteiger partial charge on any atom is -0.388 e. The van der Waals surface area contributed by atoms with Crippen LogP contribution in [-0.4, -0.2) is 5.11 Å². The second-order valence-electron chi connectivity index (χ2n) is 4.38. The Hall–Kier alpha value is -1.19. The summed E-state index contributed by atoms with van der Waals surface area (Å²) in [4.78, 5) is 0. The lowest BCUT2D eigenvalue weighted by Gasteiger charge is -2.12. The second-order valence-corrected chi connectivity index (χ2v) is 5.24. The standard InChI is InChI=1S/C15H14BrFO/c1-10-3-2-4-11(7-10)8-15(18)12-5-6-14(17)13(16)9-12/h2-7,9,15,18H,8H2,1H3. The van der Waals surface area contributed by atoms with Crippen LogP contribution in [0.2, 0.25) is 0 Å². The molecule has 0 aromatic heterocycles. The zero-order chi connectivity index (χ0) is 13.1. The zero-order valence-corrected chi connectivity index (χ0v) is 11.6. The van der Waals surface area contributed by atoms with Gasteiger partial charge in [0.2, 0.25) is 0 Å². The highest BCUT2D eigenvalue weighted by Crippen LogP contribution is 2.24. The first kappa shape index (κ1) is 13.2. The fraction of sp³-hybridized carbons (Fsp3) is 0.200. The molecule has 0 bridgehead atoms. The van der Waals surface area contributed by atoms with Gasteiger partial charge in [-0.3, -0.25) is 0 Å². The van der Waals surface area contributed by atoms with Gasteiger partial charge in [0.25, 0.3) is 0 Å². The fourth-order valence-corrected chi connectivity index (χ4v) is 2.30. The number of rotatable bonds is 3. The largest absolute Gasteiger partial charge is 0.388 e. The van der Waals surface area contributed by atoms with Crippen molar-refractivity contribution in [2.24, 2.45) is 0 Å². The topological polar surface area (TPSA) is 20.2 Å². The van der Waals surface area contributed by atoms with Crippen LogP contribution in [-0.2, 0) is 6.42 Å². The van der Waals surface area contributed by atoms with Crippen LogP contribution < -0.4 is 0 Å². The highest BCUT2D eigenvalue weighted by molar-refractivity contribution is 9.10. The van der Waals surface area contributed by atoms with E-state index in [4.69, 9.17) is 0 Å². The van der Waals surface area contributed by atoms with E-state index in [9.17, 15) is 9.50 Å². The van der Waals surface area contributed by atoms with Crippen molar-refractivity contribution in [3.63, 3.8) is 0 Å². The first-order chi connectivity index (χ1) is 8.56. The molecule has 2 rings (SSSR count). The average Bonchev–Trinajstić information content (AvgIpc) is 2.32. The number of hydrogen-bond acceptors (Lipinski definition) is 1. The molecule has 1 unspecified atom stereocenters. The molecule has 18 heavy (non-hydrogen) atoms. The van der Waals surface area contributed by atoms with Gasteiger partial charge < -0.3 is 5.11 Å². The molecule has 0 saturated carbocycles. The van der Waals surface area contributed by atoms with Crippen molar-refractivity contribution in [3.05, 3.63) is 69.4 Å². The van der Waals surface area contributed by atoms with Crippen molar-refractivity contribution in [3.8, 4) is 0 Å². The van der Waals surface area contributed by atoms with E-state index in [2.05, 4.69) is 15.9 Å².